The normalized spacial score (nSPS) is 11.5. The second-order valence-corrected chi connectivity index (χ2v) is 8.40. The molecular weight excluding hydrogens is 475 g/mol. The minimum atomic E-state index is -4.62. The molecule has 9 nitrogen and oxygen atoms in total. The van der Waals surface area contributed by atoms with Crippen molar-refractivity contribution in [1.29, 1.82) is 0 Å². The lowest BCUT2D eigenvalue weighted by molar-refractivity contribution is -0.137. The third-order valence-electron chi connectivity index (χ3n) is 5.64. The number of nitrogen functional groups attached to an aromatic ring is 1. The molecule has 0 saturated heterocycles. The second-order valence-electron chi connectivity index (χ2n) is 8.40. The van der Waals surface area contributed by atoms with Crippen molar-refractivity contribution in [3.8, 4) is 5.69 Å². The SMILES string of the molecule is Cc1ccc(NC(=O)c2cc(N(C)C)cc(C(F)(F)F)c2)cc1-n1c(C)c2cnc(N)nc2nc1=O. The lowest BCUT2D eigenvalue weighted by atomic mass is 10.1. The van der Waals surface area contributed by atoms with Gasteiger partial charge in [0.2, 0.25) is 5.95 Å². The van der Waals surface area contributed by atoms with E-state index in [2.05, 4.69) is 20.3 Å². The van der Waals surface area contributed by atoms with Crippen LogP contribution in [0.5, 0.6) is 0 Å². The summed E-state index contributed by atoms with van der Waals surface area (Å²) in [6.45, 7) is 3.47. The van der Waals surface area contributed by atoms with Crippen LogP contribution in [-0.4, -0.2) is 39.5 Å². The Bertz CT molecular complexity index is 1560. The summed E-state index contributed by atoms with van der Waals surface area (Å²) < 4.78 is 41.5. The summed E-state index contributed by atoms with van der Waals surface area (Å²) in [6.07, 6.45) is -3.15. The van der Waals surface area contributed by atoms with Crippen molar-refractivity contribution in [3.05, 3.63) is 75.5 Å². The van der Waals surface area contributed by atoms with E-state index in [9.17, 15) is 22.8 Å². The number of rotatable bonds is 4. The lowest BCUT2D eigenvalue weighted by Crippen LogP contribution is -2.25. The summed E-state index contributed by atoms with van der Waals surface area (Å²) >= 11 is 0. The molecule has 3 N–H and O–H groups in total. The van der Waals surface area contributed by atoms with E-state index in [-0.39, 0.29) is 28.5 Å². The van der Waals surface area contributed by atoms with E-state index in [4.69, 9.17) is 5.73 Å². The first-order valence-corrected chi connectivity index (χ1v) is 10.7. The van der Waals surface area contributed by atoms with E-state index >= 15 is 0 Å². The number of carbonyl (C=O) groups is 1. The summed E-state index contributed by atoms with van der Waals surface area (Å²) in [6, 6.07) is 7.96. The van der Waals surface area contributed by atoms with Crippen LogP contribution in [0.1, 0.15) is 27.2 Å². The van der Waals surface area contributed by atoms with Crippen molar-refractivity contribution < 1.29 is 18.0 Å². The largest absolute Gasteiger partial charge is 0.416 e. The van der Waals surface area contributed by atoms with Crippen LogP contribution < -0.4 is 21.6 Å². The van der Waals surface area contributed by atoms with Crippen molar-refractivity contribution in [2.45, 2.75) is 20.0 Å². The number of aromatic nitrogens is 4. The predicted octanol–water partition coefficient (Wildman–Crippen LogP) is 3.71. The molecule has 4 rings (SSSR count). The Morgan fingerprint density at radius 3 is 2.47 bits per heavy atom. The summed E-state index contributed by atoms with van der Waals surface area (Å²) in [5.74, 6) is -0.747. The number of anilines is 3. The fourth-order valence-electron chi connectivity index (χ4n) is 3.71. The molecule has 2 aromatic carbocycles. The molecule has 186 valence electrons. The highest BCUT2D eigenvalue weighted by atomic mass is 19.4. The molecule has 0 aliphatic carbocycles. The molecule has 0 radical (unpaired) electrons. The number of nitrogens with two attached hydrogens (primary N) is 1. The first-order valence-electron chi connectivity index (χ1n) is 10.7. The van der Waals surface area contributed by atoms with Crippen molar-refractivity contribution in [2.24, 2.45) is 0 Å². The fourth-order valence-corrected chi connectivity index (χ4v) is 3.71. The summed E-state index contributed by atoms with van der Waals surface area (Å²) in [4.78, 5) is 39.2. The van der Waals surface area contributed by atoms with Gasteiger partial charge in [-0.2, -0.15) is 23.1 Å². The van der Waals surface area contributed by atoms with E-state index in [1.165, 1.54) is 21.7 Å². The van der Waals surface area contributed by atoms with Gasteiger partial charge in [-0.3, -0.25) is 9.36 Å². The number of hydrogen-bond donors (Lipinski definition) is 2. The number of hydrogen-bond acceptors (Lipinski definition) is 7. The maximum Gasteiger partial charge on any atom is 0.416 e. The Kier molecular flexibility index (Phi) is 6.12. The first kappa shape index (κ1) is 24.6. The van der Waals surface area contributed by atoms with Gasteiger partial charge in [0.1, 0.15) is 0 Å². The average Bonchev–Trinajstić information content (AvgIpc) is 2.79. The maximum atomic E-state index is 13.4. The Morgan fingerprint density at radius 2 is 1.81 bits per heavy atom. The van der Waals surface area contributed by atoms with Gasteiger partial charge in [-0.1, -0.05) is 6.07 Å². The van der Waals surface area contributed by atoms with E-state index in [0.29, 0.717) is 22.3 Å². The zero-order chi connectivity index (χ0) is 26.4. The maximum absolute atomic E-state index is 13.4. The van der Waals surface area contributed by atoms with Gasteiger partial charge in [-0.15, -0.1) is 0 Å². The van der Waals surface area contributed by atoms with E-state index in [1.807, 2.05) is 0 Å². The molecule has 0 saturated carbocycles. The number of benzene rings is 2. The molecule has 1 amide bonds. The highest BCUT2D eigenvalue weighted by Crippen LogP contribution is 2.33. The van der Waals surface area contributed by atoms with Crippen LogP contribution in [-0.2, 0) is 6.18 Å². The zero-order valence-electron chi connectivity index (χ0n) is 19.8. The van der Waals surface area contributed by atoms with Crippen LogP contribution in [0.4, 0.5) is 30.5 Å². The molecule has 0 atom stereocenters. The summed E-state index contributed by atoms with van der Waals surface area (Å²) in [5.41, 5.74) is 6.19. The van der Waals surface area contributed by atoms with Gasteiger partial charge >= 0.3 is 11.9 Å². The Balaban J connectivity index is 1.75. The third-order valence-corrected chi connectivity index (χ3v) is 5.64. The number of fused-ring (bicyclic) bond motifs is 1. The smallest absolute Gasteiger partial charge is 0.378 e. The first-order chi connectivity index (χ1) is 16.8. The third kappa shape index (κ3) is 4.69. The molecule has 36 heavy (non-hydrogen) atoms. The van der Waals surface area contributed by atoms with Crippen LogP contribution in [0.25, 0.3) is 16.7 Å². The number of nitrogens with one attached hydrogen (secondary N) is 1. The van der Waals surface area contributed by atoms with Gasteiger partial charge < -0.3 is 16.0 Å². The van der Waals surface area contributed by atoms with Crippen LogP contribution in [0.2, 0.25) is 0 Å². The number of alkyl halides is 3. The van der Waals surface area contributed by atoms with Crippen molar-refractivity contribution >= 4 is 34.3 Å². The topological polar surface area (TPSA) is 119 Å². The molecule has 12 heteroatoms. The lowest BCUT2D eigenvalue weighted by Gasteiger charge is -2.18. The van der Waals surface area contributed by atoms with Crippen molar-refractivity contribution in [2.75, 3.05) is 30.0 Å². The predicted molar refractivity (Wildman–Crippen MR) is 131 cm³/mol. The van der Waals surface area contributed by atoms with Gasteiger partial charge in [0.05, 0.1) is 16.6 Å². The van der Waals surface area contributed by atoms with Gasteiger partial charge in [0.15, 0.2) is 5.65 Å². The molecule has 0 fully saturated rings. The summed E-state index contributed by atoms with van der Waals surface area (Å²) in [5, 5.41) is 3.13. The number of halogens is 3. The minimum Gasteiger partial charge on any atom is -0.378 e. The molecule has 4 aromatic rings. The number of aryl methyl sites for hydroxylation is 2. The van der Waals surface area contributed by atoms with Crippen molar-refractivity contribution in [1.82, 2.24) is 19.5 Å². The van der Waals surface area contributed by atoms with E-state index < -0.39 is 23.3 Å². The van der Waals surface area contributed by atoms with Crippen LogP contribution in [0.3, 0.4) is 0 Å². The molecule has 0 aliphatic rings. The molecule has 2 aromatic heterocycles. The summed E-state index contributed by atoms with van der Waals surface area (Å²) in [7, 11) is 3.17. The fraction of sp³-hybridized carbons (Fsp3) is 0.208. The van der Waals surface area contributed by atoms with E-state index in [1.54, 1.807) is 46.1 Å². The monoisotopic (exact) mass is 497 g/mol. The minimum absolute atomic E-state index is 0.0144. The molecule has 0 unspecified atom stereocenters. The van der Waals surface area contributed by atoms with Gasteiger partial charge in [-0.05, 0) is 49.7 Å². The number of nitrogens with zero attached hydrogens (tertiary/aromatic N) is 5. The average molecular weight is 497 g/mol. The Hall–Kier alpha value is -4.48. The number of carbonyl (C=O) groups excluding carboxylic acids is 1. The van der Waals surface area contributed by atoms with Crippen LogP contribution in [0.15, 0.2) is 47.4 Å². The number of amides is 1. The van der Waals surface area contributed by atoms with Gasteiger partial charge in [-0.25, -0.2) is 9.78 Å². The standard InChI is InChI=1S/C24H22F3N7O2/c1-12-5-6-16(30-21(35)14-7-15(24(25,26)27)9-17(8-14)33(3)4)10-19(12)34-13(2)18-11-29-22(28)31-20(18)32-23(34)36/h5-11H,1-4H3,(H,30,35)(H2,28,31,32,36). The zero-order valence-corrected chi connectivity index (χ0v) is 19.8. The van der Waals surface area contributed by atoms with Gasteiger partial charge in [0, 0.05) is 42.9 Å². The Labute approximate surface area is 203 Å². The Morgan fingerprint density at radius 1 is 1.08 bits per heavy atom. The highest BCUT2D eigenvalue weighted by Gasteiger charge is 2.32. The molecule has 0 aliphatic heterocycles. The van der Waals surface area contributed by atoms with Gasteiger partial charge in [0.25, 0.3) is 5.91 Å². The van der Waals surface area contributed by atoms with Crippen LogP contribution >= 0.6 is 0 Å². The quantitative estimate of drug-likeness (QED) is 0.441. The molecule has 0 spiro atoms. The van der Waals surface area contributed by atoms with E-state index in [0.717, 1.165) is 12.1 Å². The van der Waals surface area contributed by atoms with Crippen molar-refractivity contribution in [3.63, 3.8) is 0 Å². The molecule has 2 heterocycles. The highest BCUT2D eigenvalue weighted by molar-refractivity contribution is 6.05. The second kappa shape index (κ2) is 8.95. The molecule has 0 bridgehead atoms. The van der Waals surface area contributed by atoms with Crippen LogP contribution in [0, 0.1) is 13.8 Å². The molecular formula is C24H22F3N7O2.